The Morgan fingerprint density at radius 1 is 1.24 bits per heavy atom. The van der Waals surface area contributed by atoms with E-state index in [1.807, 2.05) is 4.90 Å². The number of amides is 2. The van der Waals surface area contributed by atoms with Gasteiger partial charge in [-0.1, -0.05) is 25.0 Å². The van der Waals surface area contributed by atoms with Gasteiger partial charge in [-0.2, -0.15) is 0 Å². The van der Waals surface area contributed by atoms with E-state index in [9.17, 15) is 14.4 Å². The van der Waals surface area contributed by atoms with Crippen LogP contribution in [0.15, 0.2) is 24.3 Å². The lowest BCUT2D eigenvalue weighted by atomic mass is 10.1. The first kappa shape index (κ1) is 17.5. The molecule has 1 atom stereocenters. The number of esters is 1. The van der Waals surface area contributed by atoms with Crippen LogP contribution in [0.25, 0.3) is 0 Å². The summed E-state index contributed by atoms with van der Waals surface area (Å²) in [6.45, 7) is 2.48. The molecule has 1 aliphatic carbocycles. The maximum atomic E-state index is 12.6. The van der Waals surface area contributed by atoms with Crippen molar-refractivity contribution in [3.63, 3.8) is 0 Å². The molecular weight excluding hydrogens is 320 g/mol. The van der Waals surface area contributed by atoms with Crippen molar-refractivity contribution in [2.45, 2.75) is 45.1 Å². The monoisotopic (exact) mass is 344 g/mol. The van der Waals surface area contributed by atoms with Gasteiger partial charge in [0.15, 0.2) is 0 Å². The van der Waals surface area contributed by atoms with Gasteiger partial charge in [0, 0.05) is 19.0 Å². The first-order valence-corrected chi connectivity index (χ1v) is 8.96. The Bertz CT molecular complexity index is 667. The molecule has 6 nitrogen and oxygen atoms in total. The van der Waals surface area contributed by atoms with Gasteiger partial charge < -0.3 is 15.0 Å². The van der Waals surface area contributed by atoms with Gasteiger partial charge in [-0.25, -0.2) is 4.79 Å². The van der Waals surface area contributed by atoms with Gasteiger partial charge in [-0.05, 0) is 31.9 Å². The molecule has 2 fully saturated rings. The number of nitrogens with zero attached hydrogens (tertiary/aromatic N) is 1. The van der Waals surface area contributed by atoms with Gasteiger partial charge >= 0.3 is 5.97 Å². The smallest absolute Gasteiger partial charge is 0.340 e. The van der Waals surface area contributed by atoms with Crippen LogP contribution >= 0.6 is 0 Å². The van der Waals surface area contributed by atoms with Crippen molar-refractivity contribution in [3.8, 4) is 0 Å². The zero-order chi connectivity index (χ0) is 17.8. The van der Waals surface area contributed by atoms with Crippen molar-refractivity contribution in [3.05, 3.63) is 29.8 Å². The van der Waals surface area contributed by atoms with Crippen LogP contribution in [0.1, 0.15) is 49.4 Å². The van der Waals surface area contributed by atoms with E-state index in [1.165, 1.54) is 0 Å². The van der Waals surface area contributed by atoms with E-state index in [0.29, 0.717) is 17.8 Å². The highest BCUT2D eigenvalue weighted by Crippen LogP contribution is 2.30. The lowest BCUT2D eigenvalue weighted by molar-refractivity contribution is -0.129. The van der Waals surface area contributed by atoms with Gasteiger partial charge in [0.2, 0.25) is 11.8 Å². The van der Waals surface area contributed by atoms with Crippen molar-refractivity contribution in [1.82, 2.24) is 4.90 Å². The Morgan fingerprint density at radius 3 is 2.68 bits per heavy atom. The molecular formula is C19H24N2O4. The van der Waals surface area contributed by atoms with Gasteiger partial charge in [-0.3, -0.25) is 9.59 Å². The third kappa shape index (κ3) is 3.83. The molecule has 1 aromatic rings. The molecule has 0 unspecified atom stereocenters. The second kappa shape index (κ2) is 7.68. The average Bonchev–Trinajstić information content (AvgIpc) is 3.24. The molecule has 1 saturated carbocycles. The Hall–Kier alpha value is -2.37. The van der Waals surface area contributed by atoms with Crippen LogP contribution in [0, 0.1) is 5.92 Å². The highest BCUT2D eigenvalue weighted by atomic mass is 16.5. The van der Waals surface area contributed by atoms with Crippen LogP contribution in [0.5, 0.6) is 0 Å². The molecule has 0 spiro atoms. The molecule has 25 heavy (non-hydrogen) atoms. The molecule has 0 aromatic heterocycles. The molecule has 1 aromatic carbocycles. The number of ether oxygens (including phenoxy) is 1. The summed E-state index contributed by atoms with van der Waals surface area (Å²) in [7, 11) is 0. The predicted octanol–water partition coefficient (Wildman–Crippen LogP) is 2.59. The fourth-order valence-corrected chi connectivity index (χ4v) is 3.69. The summed E-state index contributed by atoms with van der Waals surface area (Å²) in [5, 5.41) is 2.80. The summed E-state index contributed by atoms with van der Waals surface area (Å²) in [4.78, 5) is 38.8. The standard InChI is InChI=1S/C19H24N2O4/c1-2-25-19(24)15-9-5-6-10-16(15)20-18(23)13-11-17(22)21(12-13)14-7-3-4-8-14/h5-6,9-10,13-14H,2-4,7-8,11-12H2,1H3,(H,20,23)/t13-/m0/s1. The second-order valence-corrected chi connectivity index (χ2v) is 6.64. The van der Waals surface area contributed by atoms with Crippen molar-refractivity contribution in [2.24, 2.45) is 5.92 Å². The fraction of sp³-hybridized carbons (Fsp3) is 0.526. The minimum Gasteiger partial charge on any atom is -0.462 e. The number of nitrogens with one attached hydrogen (secondary N) is 1. The van der Waals surface area contributed by atoms with E-state index in [-0.39, 0.29) is 36.8 Å². The maximum Gasteiger partial charge on any atom is 0.340 e. The summed E-state index contributed by atoms with van der Waals surface area (Å²) in [5.74, 6) is -0.992. The summed E-state index contributed by atoms with van der Waals surface area (Å²) in [5.41, 5.74) is 0.757. The molecule has 1 aliphatic heterocycles. The Kier molecular flexibility index (Phi) is 5.36. The third-order valence-corrected chi connectivity index (χ3v) is 4.97. The molecule has 0 bridgehead atoms. The van der Waals surface area contributed by atoms with Crippen LogP contribution in [0.3, 0.4) is 0 Å². The number of anilines is 1. The van der Waals surface area contributed by atoms with Crippen molar-refractivity contribution in [1.29, 1.82) is 0 Å². The minimum absolute atomic E-state index is 0.0609. The highest BCUT2D eigenvalue weighted by Gasteiger charge is 2.38. The van der Waals surface area contributed by atoms with E-state index in [4.69, 9.17) is 4.74 Å². The molecule has 1 heterocycles. The number of likely N-dealkylation sites (tertiary alicyclic amines) is 1. The number of hydrogen-bond donors (Lipinski definition) is 1. The summed E-state index contributed by atoms with van der Waals surface area (Å²) < 4.78 is 5.02. The largest absolute Gasteiger partial charge is 0.462 e. The Balaban J connectivity index is 1.67. The van der Waals surface area contributed by atoms with Crippen LogP contribution in [-0.4, -0.2) is 41.9 Å². The van der Waals surface area contributed by atoms with E-state index >= 15 is 0 Å². The second-order valence-electron chi connectivity index (χ2n) is 6.64. The number of para-hydroxylation sites is 1. The molecule has 1 saturated heterocycles. The zero-order valence-corrected chi connectivity index (χ0v) is 14.5. The zero-order valence-electron chi connectivity index (χ0n) is 14.5. The first-order valence-electron chi connectivity index (χ1n) is 8.96. The van der Waals surface area contributed by atoms with Gasteiger partial charge in [0.25, 0.3) is 0 Å². The van der Waals surface area contributed by atoms with E-state index < -0.39 is 5.97 Å². The lowest BCUT2D eigenvalue weighted by Crippen LogP contribution is -2.35. The van der Waals surface area contributed by atoms with Crippen LogP contribution in [0.4, 0.5) is 5.69 Å². The molecule has 1 N–H and O–H groups in total. The normalized spacial score (nSPS) is 20.8. The van der Waals surface area contributed by atoms with E-state index in [2.05, 4.69) is 5.32 Å². The van der Waals surface area contributed by atoms with Gasteiger partial charge in [-0.15, -0.1) is 0 Å². The number of hydrogen-bond acceptors (Lipinski definition) is 4. The van der Waals surface area contributed by atoms with Crippen molar-refractivity contribution < 1.29 is 19.1 Å². The number of benzene rings is 1. The molecule has 2 aliphatic rings. The Labute approximate surface area is 147 Å². The van der Waals surface area contributed by atoms with E-state index in [1.54, 1.807) is 31.2 Å². The maximum absolute atomic E-state index is 12.6. The number of rotatable bonds is 5. The summed E-state index contributed by atoms with van der Waals surface area (Å²) in [6, 6.07) is 7.07. The molecule has 134 valence electrons. The molecule has 2 amide bonds. The van der Waals surface area contributed by atoms with Gasteiger partial charge in [0.05, 0.1) is 23.8 Å². The topological polar surface area (TPSA) is 75.7 Å². The fourth-order valence-electron chi connectivity index (χ4n) is 3.69. The first-order chi connectivity index (χ1) is 12.1. The molecule has 0 radical (unpaired) electrons. The highest BCUT2D eigenvalue weighted by molar-refractivity contribution is 6.03. The van der Waals surface area contributed by atoms with E-state index in [0.717, 1.165) is 25.7 Å². The minimum atomic E-state index is -0.464. The molecule has 6 heteroatoms. The van der Waals surface area contributed by atoms with Crippen LogP contribution in [-0.2, 0) is 14.3 Å². The van der Waals surface area contributed by atoms with Crippen molar-refractivity contribution >= 4 is 23.5 Å². The summed E-state index contributed by atoms with van der Waals surface area (Å²) >= 11 is 0. The third-order valence-electron chi connectivity index (χ3n) is 4.97. The average molecular weight is 344 g/mol. The lowest BCUT2D eigenvalue weighted by Gasteiger charge is -2.24. The quantitative estimate of drug-likeness (QED) is 0.833. The Morgan fingerprint density at radius 2 is 1.96 bits per heavy atom. The van der Waals surface area contributed by atoms with Crippen LogP contribution in [0.2, 0.25) is 0 Å². The SMILES string of the molecule is CCOC(=O)c1ccccc1NC(=O)[C@H]1CC(=O)N(C2CCCC2)C1. The van der Waals surface area contributed by atoms with Crippen molar-refractivity contribution in [2.75, 3.05) is 18.5 Å². The van der Waals surface area contributed by atoms with Crippen LogP contribution < -0.4 is 5.32 Å². The molecule has 3 rings (SSSR count). The summed E-state index contributed by atoms with van der Waals surface area (Å²) in [6.07, 6.45) is 4.61. The number of carbonyl (C=O) groups excluding carboxylic acids is 3. The predicted molar refractivity (Wildman–Crippen MR) is 93.1 cm³/mol. The van der Waals surface area contributed by atoms with Gasteiger partial charge in [0.1, 0.15) is 0 Å². The number of carbonyl (C=O) groups is 3.